The number of ether oxygens (including phenoxy) is 2. The van der Waals surface area contributed by atoms with E-state index in [0.717, 1.165) is 11.1 Å². The Morgan fingerprint density at radius 2 is 1.88 bits per heavy atom. The molecule has 0 bridgehead atoms. The van der Waals surface area contributed by atoms with Gasteiger partial charge in [-0.1, -0.05) is 41.3 Å². The van der Waals surface area contributed by atoms with Crippen LogP contribution in [0.3, 0.4) is 0 Å². The fourth-order valence-corrected chi connectivity index (χ4v) is 2.62. The zero-order chi connectivity index (χ0) is 18.9. The van der Waals surface area contributed by atoms with Gasteiger partial charge in [0.05, 0.1) is 17.2 Å². The second kappa shape index (κ2) is 9.96. The van der Waals surface area contributed by atoms with Gasteiger partial charge in [-0.15, -0.1) is 6.42 Å². The van der Waals surface area contributed by atoms with Crippen molar-refractivity contribution in [3.05, 3.63) is 57.6 Å². The van der Waals surface area contributed by atoms with Crippen LogP contribution >= 0.6 is 23.2 Å². The molecule has 2 aromatic rings. The molecular weight excluding hydrogens is 373 g/mol. The van der Waals surface area contributed by atoms with Crippen molar-refractivity contribution in [3.63, 3.8) is 0 Å². The maximum Gasteiger partial charge on any atom is 0.220 e. The number of amides is 1. The molecule has 0 saturated carbocycles. The summed E-state index contributed by atoms with van der Waals surface area (Å²) in [6.07, 6.45) is 6.13. The number of rotatable bonds is 8. The van der Waals surface area contributed by atoms with Gasteiger partial charge in [-0.3, -0.25) is 4.79 Å². The third kappa shape index (κ3) is 5.87. The predicted octanol–water partition coefficient (Wildman–Crippen LogP) is 4.26. The van der Waals surface area contributed by atoms with E-state index in [1.54, 1.807) is 25.3 Å². The Morgan fingerprint density at radius 1 is 1.12 bits per heavy atom. The largest absolute Gasteiger partial charge is 0.493 e. The highest BCUT2D eigenvalue weighted by atomic mass is 35.5. The second-order valence-electron chi connectivity index (χ2n) is 5.50. The highest BCUT2D eigenvalue weighted by Crippen LogP contribution is 2.28. The molecule has 0 aliphatic carbocycles. The molecule has 0 saturated heterocycles. The van der Waals surface area contributed by atoms with Crippen LogP contribution in [-0.4, -0.2) is 19.6 Å². The van der Waals surface area contributed by atoms with Crippen LogP contribution < -0.4 is 14.8 Å². The second-order valence-corrected chi connectivity index (χ2v) is 6.32. The topological polar surface area (TPSA) is 47.6 Å². The lowest BCUT2D eigenvalue weighted by Crippen LogP contribution is -2.23. The average molecular weight is 392 g/mol. The van der Waals surface area contributed by atoms with Crippen molar-refractivity contribution in [1.82, 2.24) is 5.32 Å². The van der Waals surface area contributed by atoms with Crippen LogP contribution in [0, 0.1) is 12.3 Å². The lowest BCUT2D eigenvalue weighted by Gasteiger charge is -2.11. The Bertz CT molecular complexity index is 815. The number of aryl methyl sites for hydroxylation is 1. The maximum absolute atomic E-state index is 12.1. The molecule has 0 atom stereocenters. The summed E-state index contributed by atoms with van der Waals surface area (Å²) in [6.45, 7) is 0.574. The minimum absolute atomic E-state index is 0.0531. The van der Waals surface area contributed by atoms with Crippen molar-refractivity contribution in [3.8, 4) is 23.8 Å². The summed E-state index contributed by atoms with van der Waals surface area (Å²) in [6, 6.07) is 10.8. The van der Waals surface area contributed by atoms with E-state index in [1.807, 2.05) is 18.2 Å². The van der Waals surface area contributed by atoms with Crippen molar-refractivity contribution >= 4 is 29.1 Å². The summed E-state index contributed by atoms with van der Waals surface area (Å²) >= 11 is 11.8. The lowest BCUT2D eigenvalue weighted by atomic mass is 10.1. The van der Waals surface area contributed by atoms with E-state index in [-0.39, 0.29) is 12.5 Å². The molecule has 0 spiro atoms. The Kier molecular flexibility index (Phi) is 7.65. The molecule has 26 heavy (non-hydrogen) atoms. The van der Waals surface area contributed by atoms with Gasteiger partial charge in [-0.2, -0.15) is 0 Å². The lowest BCUT2D eigenvalue weighted by molar-refractivity contribution is -0.121. The van der Waals surface area contributed by atoms with Crippen LogP contribution in [0.1, 0.15) is 17.5 Å². The van der Waals surface area contributed by atoms with Crippen molar-refractivity contribution in [2.45, 2.75) is 19.4 Å². The van der Waals surface area contributed by atoms with Crippen LogP contribution in [0.2, 0.25) is 10.0 Å². The first kappa shape index (κ1) is 20.0. The van der Waals surface area contributed by atoms with E-state index in [9.17, 15) is 4.79 Å². The van der Waals surface area contributed by atoms with Gasteiger partial charge >= 0.3 is 0 Å². The molecule has 6 heteroatoms. The molecular formula is C20H19Cl2NO3. The van der Waals surface area contributed by atoms with Gasteiger partial charge in [0, 0.05) is 13.0 Å². The Hall–Kier alpha value is -2.35. The van der Waals surface area contributed by atoms with Gasteiger partial charge in [0.15, 0.2) is 11.5 Å². The number of halogens is 2. The number of nitrogens with one attached hydrogen (secondary N) is 1. The summed E-state index contributed by atoms with van der Waals surface area (Å²) in [7, 11) is 1.56. The maximum atomic E-state index is 12.1. The molecule has 0 aliphatic rings. The van der Waals surface area contributed by atoms with Gasteiger partial charge < -0.3 is 14.8 Å². The molecule has 0 aliphatic heterocycles. The zero-order valence-electron chi connectivity index (χ0n) is 14.4. The fraction of sp³-hybridized carbons (Fsp3) is 0.250. The fourth-order valence-electron chi connectivity index (χ4n) is 2.30. The Labute approximate surface area is 163 Å². The monoisotopic (exact) mass is 391 g/mol. The number of hydrogen-bond donors (Lipinski definition) is 1. The van der Waals surface area contributed by atoms with E-state index in [4.69, 9.17) is 39.1 Å². The zero-order valence-corrected chi connectivity index (χ0v) is 15.9. The average Bonchev–Trinajstić information content (AvgIpc) is 2.65. The van der Waals surface area contributed by atoms with E-state index < -0.39 is 0 Å². The summed E-state index contributed by atoms with van der Waals surface area (Å²) < 4.78 is 10.7. The molecule has 2 aromatic carbocycles. The third-order valence-electron chi connectivity index (χ3n) is 3.65. The first-order valence-corrected chi connectivity index (χ1v) is 8.73. The Morgan fingerprint density at radius 3 is 2.58 bits per heavy atom. The van der Waals surface area contributed by atoms with E-state index >= 15 is 0 Å². The first-order chi connectivity index (χ1) is 12.5. The van der Waals surface area contributed by atoms with Crippen LogP contribution in [-0.2, 0) is 17.8 Å². The minimum Gasteiger partial charge on any atom is -0.493 e. The highest BCUT2D eigenvalue weighted by molar-refractivity contribution is 6.42. The van der Waals surface area contributed by atoms with Crippen LogP contribution in [0.25, 0.3) is 0 Å². The third-order valence-corrected chi connectivity index (χ3v) is 4.39. The molecule has 0 aromatic heterocycles. The highest BCUT2D eigenvalue weighted by Gasteiger charge is 2.08. The normalized spacial score (nSPS) is 10.1. The number of methoxy groups -OCH3 is 1. The summed E-state index contributed by atoms with van der Waals surface area (Å²) in [5.74, 6) is 3.53. The van der Waals surface area contributed by atoms with Crippen molar-refractivity contribution in [2.24, 2.45) is 0 Å². The molecule has 4 nitrogen and oxygen atoms in total. The number of carbonyl (C=O) groups is 1. The minimum atomic E-state index is -0.0531. The van der Waals surface area contributed by atoms with Crippen LogP contribution in [0.15, 0.2) is 36.4 Å². The first-order valence-electron chi connectivity index (χ1n) is 7.97. The van der Waals surface area contributed by atoms with Crippen molar-refractivity contribution in [2.75, 3.05) is 13.7 Å². The predicted molar refractivity (Wildman–Crippen MR) is 104 cm³/mol. The smallest absolute Gasteiger partial charge is 0.220 e. The van der Waals surface area contributed by atoms with Crippen LogP contribution in [0.5, 0.6) is 11.5 Å². The number of hydrogen-bond acceptors (Lipinski definition) is 3. The SMILES string of the molecule is C#CCOc1ccc(CCC(=O)NCc2ccc(Cl)c(Cl)c2)cc1OC. The van der Waals surface area contributed by atoms with Gasteiger partial charge in [-0.05, 0) is 41.8 Å². The Balaban J connectivity index is 1.86. The molecule has 2 rings (SSSR count). The molecule has 1 N–H and O–H groups in total. The van der Waals surface area contributed by atoms with Gasteiger partial charge in [0.1, 0.15) is 6.61 Å². The van der Waals surface area contributed by atoms with Gasteiger partial charge in [-0.25, -0.2) is 0 Å². The summed E-state index contributed by atoms with van der Waals surface area (Å²) in [5.41, 5.74) is 1.86. The number of benzene rings is 2. The molecule has 0 unspecified atom stereocenters. The molecule has 0 radical (unpaired) electrons. The number of terminal acetylenes is 1. The molecule has 0 heterocycles. The standard InChI is InChI=1S/C20H19Cl2NO3/c1-3-10-26-18-8-5-14(12-19(18)25-2)6-9-20(24)23-13-15-4-7-16(21)17(22)11-15/h1,4-5,7-8,11-12H,6,9-10,13H2,2H3,(H,23,24). The van der Waals surface area contributed by atoms with E-state index in [2.05, 4.69) is 11.2 Å². The van der Waals surface area contributed by atoms with E-state index in [1.165, 1.54) is 0 Å². The summed E-state index contributed by atoms with van der Waals surface area (Å²) in [4.78, 5) is 12.1. The molecule has 0 fully saturated rings. The quantitative estimate of drug-likeness (QED) is 0.683. The number of carbonyl (C=O) groups excluding carboxylic acids is 1. The molecule has 136 valence electrons. The van der Waals surface area contributed by atoms with Crippen molar-refractivity contribution in [1.29, 1.82) is 0 Å². The van der Waals surface area contributed by atoms with Crippen LogP contribution in [0.4, 0.5) is 0 Å². The summed E-state index contributed by atoms with van der Waals surface area (Å²) in [5, 5.41) is 3.83. The van der Waals surface area contributed by atoms with E-state index in [0.29, 0.717) is 40.9 Å². The molecule has 1 amide bonds. The van der Waals surface area contributed by atoms with Crippen molar-refractivity contribution < 1.29 is 14.3 Å². The van der Waals surface area contributed by atoms with Gasteiger partial charge in [0.25, 0.3) is 0 Å². The van der Waals surface area contributed by atoms with Gasteiger partial charge in [0.2, 0.25) is 5.91 Å².